The first-order valence-corrected chi connectivity index (χ1v) is 10.1. The smallest absolute Gasteiger partial charge is 0.422 e. The number of amides is 1. The molecule has 3 heterocycles. The second-order valence-electron chi connectivity index (χ2n) is 8.50. The van der Waals surface area contributed by atoms with Crippen LogP contribution in [0.25, 0.3) is 0 Å². The van der Waals surface area contributed by atoms with Crippen LogP contribution >= 0.6 is 0 Å². The molecule has 2 aromatic rings. The number of aromatic nitrogens is 3. The molecule has 2 aromatic heterocycles. The van der Waals surface area contributed by atoms with Gasteiger partial charge < -0.3 is 19.3 Å². The maximum atomic E-state index is 14.8. The van der Waals surface area contributed by atoms with Gasteiger partial charge >= 0.3 is 6.18 Å². The van der Waals surface area contributed by atoms with Crippen LogP contribution in [-0.4, -0.2) is 47.0 Å². The molecule has 8 nitrogen and oxygen atoms in total. The molecule has 1 aliphatic heterocycles. The Hall–Kier alpha value is -2.76. The average molecular weight is 458 g/mol. The number of aryl methyl sites for hydroxylation is 1. The number of pyridine rings is 1. The minimum atomic E-state index is -4.64. The molecule has 1 amide bonds. The van der Waals surface area contributed by atoms with Gasteiger partial charge in [0.25, 0.3) is 5.91 Å². The first-order valence-electron chi connectivity index (χ1n) is 10.1. The van der Waals surface area contributed by atoms with E-state index < -0.39 is 35.6 Å². The van der Waals surface area contributed by atoms with Crippen molar-refractivity contribution in [3.8, 4) is 5.75 Å². The average Bonchev–Trinajstić information content (AvgIpc) is 3.39. The summed E-state index contributed by atoms with van der Waals surface area (Å²) in [5, 5.41) is 6.73. The molecule has 0 bridgehead atoms. The Balaban J connectivity index is 1.60. The number of hydrogen-bond donors (Lipinski definition) is 1. The number of halogens is 4. The van der Waals surface area contributed by atoms with Gasteiger partial charge in [0, 0.05) is 19.2 Å². The molecule has 1 aliphatic carbocycles. The third kappa shape index (κ3) is 4.84. The quantitative estimate of drug-likeness (QED) is 0.606. The zero-order valence-corrected chi connectivity index (χ0v) is 17.5. The summed E-state index contributed by atoms with van der Waals surface area (Å²) >= 11 is 0. The van der Waals surface area contributed by atoms with E-state index in [-0.39, 0.29) is 30.3 Å². The number of nitrogens with one attached hydrogen (secondary N) is 1. The van der Waals surface area contributed by atoms with Gasteiger partial charge in [-0.25, -0.2) is 4.39 Å². The number of alkyl halides is 4. The van der Waals surface area contributed by atoms with Crippen LogP contribution in [0.5, 0.6) is 5.75 Å². The van der Waals surface area contributed by atoms with E-state index in [4.69, 9.17) is 14.0 Å². The number of carbonyl (C=O) groups excluding carboxylic acids is 1. The lowest BCUT2D eigenvalue weighted by atomic mass is 9.93. The molecule has 1 N–H and O–H groups in total. The summed E-state index contributed by atoms with van der Waals surface area (Å²) in [4.78, 5) is 21.2. The highest BCUT2D eigenvalue weighted by Gasteiger charge is 2.45. The Labute approximate surface area is 180 Å². The van der Waals surface area contributed by atoms with Crippen molar-refractivity contribution in [2.45, 2.75) is 50.5 Å². The standard InChI is InChI=1S/C20H22F4N4O4/c1-11-26-17(28-32-11)18(2,6-12-3-4-12)27-16(29)14-5-15(31-10-20(22,23)24)13(7-25-14)19(21)8-30-9-19/h5,7,12H,3-4,6,8-10H2,1-2H3,(H,27,29)/t18-/m1/s1. The number of carbonyl (C=O) groups is 1. The molecular weight excluding hydrogens is 436 g/mol. The molecule has 2 fully saturated rings. The summed E-state index contributed by atoms with van der Waals surface area (Å²) < 4.78 is 67.7. The van der Waals surface area contributed by atoms with E-state index >= 15 is 0 Å². The fourth-order valence-electron chi connectivity index (χ4n) is 3.55. The molecule has 1 saturated carbocycles. The van der Waals surface area contributed by atoms with Crippen molar-refractivity contribution in [1.82, 2.24) is 20.4 Å². The largest absolute Gasteiger partial charge is 0.484 e. The third-order valence-corrected chi connectivity index (χ3v) is 5.44. The summed E-state index contributed by atoms with van der Waals surface area (Å²) in [5.74, 6) is -0.0956. The van der Waals surface area contributed by atoms with E-state index in [1.807, 2.05) is 0 Å². The van der Waals surface area contributed by atoms with Crippen LogP contribution in [-0.2, 0) is 15.9 Å². The highest BCUT2D eigenvalue weighted by atomic mass is 19.4. The predicted molar refractivity (Wildman–Crippen MR) is 101 cm³/mol. The van der Waals surface area contributed by atoms with Gasteiger partial charge in [0.15, 0.2) is 18.1 Å². The molecule has 0 aromatic carbocycles. The van der Waals surface area contributed by atoms with Crippen molar-refractivity contribution in [2.24, 2.45) is 5.92 Å². The third-order valence-electron chi connectivity index (χ3n) is 5.44. The van der Waals surface area contributed by atoms with Crippen molar-refractivity contribution in [1.29, 1.82) is 0 Å². The highest BCUT2D eigenvalue weighted by Crippen LogP contribution is 2.41. The van der Waals surface area contributed by atoms with E-state index in [0.717, 1.165) is 25.1 Å². The first kappa shape index (κ1) is 22.4. The van der Waals surface area contributed by atoms with Crippen molar-refractivity contribution >= 4 is 5.91 Å². The molecule has 1 saturated heterocycles. The maximum Gasteiger partial charge on any atom is 0.422 e. The maximum absolute atomic E-state index is 14.8. The topological polar surface area (TPSA) is 99.4 Å². The molecular formula is C20H22F4N4O4. The molecule has 0 unspecified atom stereocenters. The Morgan fingerprint density at radius 1 is 1.34 bits per heavy atom. The predicted octanol–water partition coefficient (Wildman–Crippen LogP) is 3.35. The SMILES string of the molecule is Cc1nc([C@@](C)(CC2CC2)NC(=O)c2cc(OCC(F)(F)F)c(C3(F)COC3)cn2)no1. The Kier molecular flexibility index (Phi) is 5.60. The lowest BCUT2D eigenvalue weighted by Gasteiger charge is -2.35. The highest BCUT2D eigenvalue weighted by molar-refractivity contribution is 5.93. The fourth-order valence-corrected chi connectivity index (χ4v) is 3.55. The normalized spacial score (nSPS) is 19.7. The zero-order chi connectivity index (χ0) is 23.1. The Bertz CT molecular complexity index is 1000. The van der Waals surface area contributed by atoms with E-state index in [2.05, 4.69) is 20.4 Å². The molecule has 32 heavy (non-hydrogen) atoms. The summed E-state index contributed by atoms with van der Waals surface area (Å²) in [6.45, 7) is 1.06. The minimum absolute atomic E-state index is 0.195. The van der Waals surface area contributed by atoms with Gasteiger partial charge in [0.05, 0.1) is 18.8 Å². The number of ether oxygens (including phenoxy) is 2. The van der Waals surface area contributed by atoms with Crippen molar-refractivity contribution < 1.29 is 36.4 Å². The van der Waals surface area contributed by atoms with Crippen LogP contribution in [0.3, 0.4) is 0 Å². The minimum Gasteiger partial charge on any atom is -0.484 e. The zero-order valence-electron chi connectivity index (χ0n) is 17.5. The van der Waals surface area contributed by atoms with Gasteiger partial charge in [0.2, 0.25) is 5.89 Å². The number of nitrogens with zero attached hydrogens (tertiary/aromatic N) is 3. The molecule has 174 valence electrons. The van der Waals surface area contributed by atoms with Gasteiger partial charge in [-0.3, -0.25) is 9.78 Å². The fraction of sp³-hybridized carbons (Fsp3) is 0.600. The molecule has 0 radical (unpaired) electrons. The number of hydrogen-bond acceptors (Lipinski definition) is 7. The molecule has 4 rings (SSSR count). The second kappa shape index (κ2) is 7.98. The van der Waals surface area contributed by atoms with Gasteiger partial charge in [-0.2, -0.15) is 18.2 Å². The summed E-state index contributed by atoms with van der Waals surface area (Å²) in [6.07, 6.45) is -1.06. The van der Waals surface area contributed by atoms with Crippen molar-refractivity contribution in [3.05, 3.63) is 35.2 Å². The number of rotatable bonds is 8. The van der Waals surface area contributed by atoms with Gasteiger partial charge in [-0.05, 0) is 19.3 Å². The van der Waals surface area contributed by atoms with Crippen LogP contribution in [0.1, 0.15) is 54.0 Å². The molecule has 2 aliphatic rings. The van der Waals surface area contributed by atoms with Crippen LogP contribution in [0, 0.1) is 12.8 Å². The van der Waals surface area contributed by atoms with Crippen LogP contribution in [0.15, 0.2) is 16.8 Å². The molecule has 1 atom stereocenters. The Morgan fingerprint density at radius 2 is 2.06 bits per heavy atom. The molecule has 12 heteroatoms. The summed E-state index contributed by atoms with van der Waals surface area (Å²) in [5.41, 5.74) is -3.42. The van der Waals surface area contributed by atoms with Crippen LogP contribution in [0.2, 0.25) is 0 Å². The van der Waals surface area contributed by atoms with Crippen LogP contribution < -0.4 is 10.1 Å². The lowest BCUT2D eigenvalue weighted by Crippen LogP contribution is -2.45. The lowest BCUT2D eigenvalue weighted by molar-refractivity contribution is -0.156. The Morgan fingerprint density at radius 3 is 2.59 bits per heavy atom. The van der Waals surface area contributed by atoms with E-state index in [9.17, 15) is 22.4 Å². The van der Waals surface area contributed by atoms with Crippen molar-refractivity contribution in [2.75, 3.05) is 19.8 Å². The summed E-state index contributed by atoms with van der Waals surface area (Å²) in [6, 6.07) is 1.01. The van der Waals surface area contributed by atoms with E-state index in [1.54, 1.807) is 13.8 Å². The van der Waals surface area contributed by atoms with E-state index in [1.165, 1.54) is 0 Å². The van der Waals surface area contributed by atoms with Gasteiger partial charge in [-0.1, -0.05) is 18.0 Å². The molecule has 0 spiro atoms. The summed E-state index contributed by atoms with van der Waals surface area (Å²) in [7, 11) is 0. The van der Waals surface area contributed by atoms with E-state index in [0.29, 0.717) is 18.2 Å². The van der Waals surface area contributed by atoms with Crippen molar-refractivity contribution in [3.63, 3.8) is 0 Å². The second-order valence-corrected chi connectivity index (χ2v) is 8.50. The first-order chi connectivity index (χ1) is 15.0. The van der Waals surface area contributed by atoms with Crippen LogP contribution in [0.4, 0.5) is 17.6 Å². The monoisotopic (exact) mass is 458 g/mol. The van der Waals surface area contributed by atoms with Gasteiger partial charge in [0.1, 0.15) is 17.0 Å². The van der Waals surface area contributed by atoms with Gasteiger partial charge in [-0.15, -0.1) is 0 Å².